The predicted molar refractivity (Wildman–Crippen MR) is 90.3 cm³/mol. The Hall–Kier alpha value is -1.46. The Bertz CT molecular complexity index is 670. The maximum atomic E-state index is 11.2. The third-order valence-electron chi connectivity index (χ3n) is 3.21. The van der Waals surface area contributed by atoms with Gasteiger partial charge in [0.05, 0.1) is 28.5 Å². The van der Waals surface area contributed by atoms with Crippen molar-refractivity contribution in [3.05, 3.63) is 40.7 Å². The highest BCUT2D eigenvalue weighted by Gasteiger charge is 2.21. The maximum absolute atomic E-state index is 11.2. The molecule has 0 unspecified atom stereocenters. The number of benzene rings is 1. The van der Waals surface area contributed by atoms with Crippen LogP contribution in [-0.4, -0.2) is 26.4 Å². The fourth-order valence-electron chi connectivity index (χ4n) is 2.25. The standard InChI is InChI=1S/C16H19ClN2O2S/c1-3-9-22-16-18-12(4-2)14(10-15(20)21)19(16)13-8-6-5-7-11(13)17/h5-8H,3-4,9-10H2,1-2H3,(H,20,21). The summed E-state index contributed by atoms with van der Waals surface area (Å²) >= 11 is 7.95. The summed E-state index contributed by atoms with van der Waals surface area (Å²) in [5.74, 6) is 0.0619. The monoisotopic (exact) mass is 338 g/mol. The van der Waals surface area contributed by atoms with Gasteiger partial charge in [-0.1, -0.05) is 49.3 Å². The second-order valence-electron chi connectivity index (χ2n) is 4.85. The lowest BCUT2D eigenvalue weighted by atomic mass is 10.2. The van der Waals surface area contributed by atoms with Gasteiger partial charge in [-0.15, -0.1) is 0 Å². The Balaban J connectivity index is 2.62. The first-order valence-electron chi connectivity index (χ1n) is 7.28. The van der Waals surface area contributed by atoms with Crippen molar-refractivity contribution in [2.75, 3.05) is 5.75 Å². The molecule has 0 atom stereocenters. The van der Waals surface area contributed by atoms with Gasteiger partial charge in [0.2, 0.25) is 0 Å². The molecule has 0 aliphatic carbocycles. The fraction of sp³-hybridized carbons (Fsp3) is 0.375. The van der Waals surface area contributed by atoms with E-state index >= 15 is 0 Å². The van der Waals surface area contributed by atoms with Crippen molar-refractivity contribution in [2.45, 2.75) is 38.3 Å². The Morgan fingerprint density at radius 2 is 2.09 bits per heavy atom. The van der Waals surface area contributed by atoms with Gasteiger partial charge >= 0.3 is 5.97 Å². The van der Waals surface area contributed by atoms with Crippen molar-refractivity contribution in [3.8, 4) is 5.69 Å². The lowest BCUT2D eigenvalue weighted by molar-refractivity contribution is -0.136. The Morgan fingerprint density at radius 3 is 2.68 bits per heavy atom. The van der Waals surface area contributed by atoms with Gasteiger partial charge in [0, 0.05) is 5.75 Å². The molecule has 0 saturated carbocycles. The third-order valence-corrected chi connectivity index (χ3v) is 4.67. The maximum Gasteiger partial charge on any atom is 0.309 e. The molecular weight excluding hydrogens is 320 g/mol. The SMILES string of the molecule is CCCSc1nc(CC)c(CC(=O)O)n1-c1ccccc1Cl. The molecule has 22 heavy (non-hydrogen) atoms. The largest absolute Gasteiger partial charge is 0.481 e. The van der Waals surface area contributed by atoms with E-state index in [-0.39, 0.29) is 6.42 Å². The van der Waals surface area contributed by atoms with Crippen LogP contribution in [-0.2, 0) is 17.6 Å². The molecule has 118 valence electrons. The molecule has 2 aromatic rings. The van der Waals surface area contributed by atoms with Gasteiger partial charge in [0.25, 0.3) is 0 Å². The number of aromatic nitrogens is 2. The highest BCUT2D eigenvalue weighted by molar-refractivity contribution is 7.99. The van der Waals surface area contributed by atoms with Gasteiger partial charge in [-0.3, -0.25) is 9.36 Å². The van der Waals surface area contributed by atoms with E-state index in [1.807, 2.05) is 29.7 Å². The summed E-state index contributed by atoms with van der Waals surface area (Å²) in [5.41, 5.74) is 2.31. The van der Waals surface area contributed by atoms with Crippen LogP contribution in [0.25, 0.3) is 5.69 Å². The zero-order valence-electron chi connectivity index (χ0n) is 12.7. The average molecular weight is 339 g/mol. The molecule has 2 rings (SSSR count). The van der Waals surface area contributed by atoms with Crippen molar-refractivity contribution < 1.29 is 9.90 Å². The van der Waals surface area contributed by atoms with E-state index in [0.717, 1.165) is 28.7 Å². The zero-order valence-corrected chi connectivity index (χ0v) is 14.2. The molecule has 0 radical (unpaired) electrons. The van der Waals surface area contributed by atoms with E-state index in [1.54, 1.807) is 17.8 Å². The van der Waals surface area contributed by atoms with Crippen LogP contribution in [0, 0.1) is 0 Å². The molecule has 0 spiro atoms. The van der Waals surface area contributed by atoms with Crippen molar-refractivity contribution in [1.29, 1.82) is 0 Å². The molecule has 1 aromatic carbocycles. The summed E-state index contributed by atoms with van der Waals surface area (Å²) in [7, 11) is 0. The second kappa shape index (κ2) is 7.70. The minimum absolute atomic E-state index is 0.0614. The van der Waals surface area contributed by atoms with E-state index in [0.29, 0.717) is 17.1 Å². The van der Waals surface area contributed by atoms with Crippen molar-refractivity contribution >= 4 is 29.3 Å². The summed E-state index contributed by atoms with van der Waals surface area (Å²) < 4.78 is 1.90. The van der Waals surface area contributed by atoms with Crippen LogP contribution < -0.4 is 0 Å². The normalized spacial score (nSPS) is 10.9. The fourth-order valence-corrected chi connectivity index (χ4v) is 3.37. The molecule has 0 aliphatic heterocycles. The number of aryl methyl sites for hydroxylation is 1. The van der Waals surface area contributed by atoms with Crippen molar-refractivity contribution in [2.24, 2.45) is 0 Å². The van der Waals surface area contributed by atoms with Gasteiger partial charge in [-0.25, -0.2) is 4.98 Å². The van der Waals surface area contributed by atoms with Crippen LogP contribution in [0.2, 0.25) is 5.02 Å². The van der Waals surface area contributed by atoms with Crippen LogP contribution >= 0.6 is 23.4 Å². The minimum atomic E-state index is -0.866. The molecule has 0 fully saturated rings. The Morgan fingerprint density at radius 1 is 1.36 bits per heavy atom. The summed E-state index contributed by atoms with van der Waals surface area (Å²) in [5, 5.41) is 10.6. The zero-order chi connectivity index (χ0) is 16.1. The summed E-state index contributed by atoms with van der Waals surface area (Å²) in [6, 6.07) is 7.46. The first kappa shape index (κ1) is 16.9. The second-order valence-corrected chi connectivity index (χ2v) is 6.32. The van der Waals surface area contributed by atoms with E-state index in [1.165, 1.54) is 0 Å². The quantitative estimate of drug-likeness (QED) is 0.768. The molecule has 1 heterocycles. The number of aliphatic carboxylic acids is 1. The molecule has 6 heteroatoms. The first-order valence-corrected chi connectivity index (χ1v) is 8.64. The number of halogens is 1. The van der Waals surface area contributed by atoms with Gasteiger partial charge in [-0.05, 0) is 25.0 Å². The topological polar surface area (TPSA) is 55.1 Å². The third kappa shape index (κ3) is 3.65. The number of thioether (sulfide) groups is 1. The molecule has 0 bridgehead atoms. The summed E-state index contributed by atoms with van der Waals surface area (Å²) in [4.78, 5) is 15.9. The smallest absolute Gasteiger partial charge is 0.309 e. The number of hydrogen-bond donors (Lipinski definition) is 1. The van der Waals surface area contributed by atoms with Crippen molar-refractivity contribution in [3.63, 3.8) is 0 Å². The molecule has 4 nitrogen and oxygen atoms in total. The molecule has 1 aromatic heterocycles. The number of nitrogens with zero attached hydrogens (tertiary/aromatic N) is 2. The number of rotatable bonds is 7. The van der Waals surface area contributed by atoms with Gasteiger partial charge in [-0.2, -0.15) is 0 Å². The highest BCUT2D eigenvalue weighted by atomic mass is 35.5. The van der Waals surface area contributed by atoms with E-state index in [4.69, 9.17) is 11.6 Å². The average Bonchev–Trinajstić information content (AvgIpc) is 2.82. The molecule has 0 amide bonds. The predicted octanol–water partition coefficient (Wildman–Crippen LogP) is 4.22. The molecule has 0 aliphatic rings. The number of imidazole rings is 1. The van der Waals surface area contributed by atoms with Gasteiger partial charge < -0.3 is 5.11 Å². The molecule has 0 saturated heterocycles. The highest BCUT2D eigenvalue weighted by Crippen LogP contribution is 2.30. The summed E-state index contributed by atoms with van der Waals surface area (Å²) in [6.07, 6.45) is 1.66. The number of hydrogen-bond acceptors (Lipinski definition) is 3. The van der Waals surface area contributed by atoms with Crippen LogP contribution in [0.15, 0.2) is 29.4 Å². The van der Waals surface area contributed by atoms with E-state index in [9.17, 15) is 9.90 Å². The summed E-state index contributed by atoms with van der Waals surface area (Å²) in [6.45, 7) is 4.09. The molecule has 1 N–H and O–H groups in total. The lowest BCUT2D eigenvalue weighted by Gasteiger charge is -2.12. The van der Waals surface area contributed by atoms with E-state index in [2.05, 4.69) is 11.9 Å². The van der Waals surface area contributed by atoms with E-state index < -0.39 is 5.97 Å². The van der Waals surface area contributed by atoms with Crippen LogP contribution in [0.4, 0.5) is 0 Å². The van der Waals surface area contributed by atoms with Gasteiger partial charge in [0.1, 0.15) is 0 Å². The molecular formula is C16H19ClN2O2S. The number of para-hydroxylation sites is 1. The lowest BCUT2D eigenvalue weighted by Crippen LogP contribution is -2.10. The Labute approximate surface area is 139 Å². The number of carbonyl (C=O) groups is 1. The van der Waals surface area contributed by atoms with Crippen LogP contribution in [0.5, 0.6) is 0 Å². The first-order chi connectivity index (χ1) is 10.6. The Kier molecular flexibility index (Phi) is 5.91. The number of carboxylic acid groups (broad SMARTS) is 1. The van der Waals surface area contributed by atoms with Crippen molar-refractivity contribution in [1.82, 2.24) is 9.55 Å². The van der Waals surface area contributed by atoms with Crippen LogP contribution in [0.1, 0.15) is 31.7 Å². The van der Waals surface area contributed by atoms with Crippen LogP contribution in [0.3, 0.4) is 0 Å². The van der Waals surface area contributed by atoms with Gasteiger partial charge in [0.15, 0.2) is 5.16 Å². The minimum Gasteiger partial charge on any atom is -0.481 e. The number of carboxylic acids is 1.